The lowest BCUT2D eigenvalue weighted by Gasteiger charge is -2.17. The minimum absolute atomic E-state index is 0.0843. The fourth-order valence-corrected chi connectivity index (χ4v) is 3.69. The summed E-state index contributed by atoms with van der Waals surface area (Å²) in [5, 5.41) is 5.43. The van der Waals surface area contributed by atoms with Crippen LogP contribution in [-0.4, -0.2) is 23.3 Å². The van der Waals surface area contributed by atoms with Crippen LogP contribution in [0.25, 0.3) is 10.8 Å². The largest absolute Gasteiger partial charge is 0.346 e. The normalized spacial score (nSPS) is 15.0. The Morgan fingerprint density at radius 2 is 1.79 bits per heavy atom. The highest BCUT2D eigenvalue weighted by molar-refractivity contribution is 5.94. The maximum absolute atomic E-state index is 12.6. The lowest BCUT2D eigenvalue weighted by Crippen LogP contribution is -2.27. The SMILES string of the molecule is CC(NC(=O)c1ccc(CN2CCCC2=O)cc1)c1ccc2ccccc2c1. The van der Waals surface area contributed by atoms with Crippen LogP contribution >= 0.6 is 0 Å². The minimum atomic E-state index is -0.0931. The van der Waals surface area contributed by atoms with E-state index >= 15 is 0 Å². The smallest absolute Gasteiger partial charge is 0.251 e. The Labute approximate surface area is 165 Å². The first-order valence-corrected chi connectivity index (χ1v) is 9.76. The molecule has 0 radical (unpaired) electrons. The minimum Gasteiger partial charge on any atom is -0.346 e. The molecule has 0 bridgehead atoms. The van der Waals surface area contributed by atoms with Gasteiger partial charge < -0.3 is 10.2 Å². The zero-order valence-corrected chi connectivity index (χ0v) is 16.0. The van der Waals surface area contributed by atoms with Gasteiger partial charge >= 0.3 is 0 Å². The standard InChI is InChI=1S/C24H24N2O2/c1-17(21-13-12-19-5-2-3-6-22(19)15-21)25-24(28)20-10-8-18(9-11-20)16-26-14-4-7-23(26)27/h2-3,5-6,8-13,15,17H,4,7,14,16H2,1H3,(H,25,28). The number of carbonyl (C=O) groups excluding carboxylic acids is 2. The summed E-state index contributed by atoms with van der Waals surface area (Å²) >= 11 is 0. The summed E-state index contributed by atoms with van der Waals surface area (Å²) in [6.07, 6.45) is 1.58. The first kappa shape index (κ1) is 18.2. The van der Waals surface area contributed by atoms with Crippen molar-refractivity contribution in [1.82, 2.24) is 10.2 Å². The Bertz CT molecular complexity index is 1010. The fraction of sp³-hybridized carbons (Fsp3) is 0.250. The van der Waals surface area contributed by atoms with Gasteiger partial charge in [-0.15, -0.1) is 0 Å². The molecule has 4 heteroatoms. The van der Waals surface area contributed by atoms with E-state index in [1.807, 2.05) is 48.2 Å². The third-order valence-corrected chi connectivity index (χ3v) is 5.38. The highest BCUT2D eigenvalue weighted by atomic mass is 16.2. The molecule has 1 saturated heterocycles. The van der Waals surface area contributed by atoms with E-state index in [-0.39, 0.29) is 17.9 Å². The summed E-state index contributed by atoms with van der Waals surface area (Å²) < 4.78 is 0. The van der Waals surface area contributed by atoms with Gasteiger partial charge in [0.05, 0.1) is 6.04 Å². The van der Waals surface area contributed by atoms with Crippen LogP contribution in [-0.2, 0) is 11.3 Å². The molecular weight excluding hydrogens is 348 g/mol. The Morgan fingerprint density at radius 1 is 1.04 bits per heavy atom. The molecule has 1 aliphatic heterocycles. The second-order valence-electron chi connectivity index (χ2n) is 7.42. The predicted octanol–water partition coefficient (Wildman–Crippen LogP) is 4.45. The van der Waals surface area contributed by atoms with Gasteiger partial charge in [0.1, 0.15) is 0 Å². The van der Waals surface area contributed by atoms with Gasteiger partial charge in [0.25, 0.3) is 5.91 Å². The molecule has 3 aromatic carbocycles. The zero-order valence-electron chi connectivity index (χ0n) is 16.0. The Balaban J connectivity index is 1.41. The van der Waals surface area contributed by atoms with Gasteiger partial charge in [0.2, 0.25) is 5.91 Å². The molecule has 0 aromatic heterocycles. The first-order chi connectivity index (χ1) is 13.6. The van der Waals surface area contributed by atoms with E-state index in [0.717, 1.165) is 24.1 Å². The fourth-order valence-electron chi connectivity index (χ4n) is 3.69. The number of benzene rings is 3. The average molecular weight is 372 g/mol. The van der Waals surface area contributed by atoms with Crippen molar-refractivity contribution in [3.8, 4) is 0 Å². The van der Waals surface area contributed by atoms with Crippen molar-refractivity contribution in [2.24, 2.45) is 0 Å². The second kappa shape index (κ2) is 7.85. The van der Waals surface area contributed by atoms with Crippen molar-refractivity contribution in [2.45, 2.75) is 32.4 Å². The van der Waals surface area contributed by atoms with Crippen molar-refractivity contribution in [3.05, 3.63) is 83.4 Å². The van der Waals surface area contributed by atoms with E-state index < -0.39 is 0 Å². The summed E-state index contributed by atoms with van der Waals surface area (Å²) in [6, 6.07) is 21.9. The summed E-state index contributed by atoms with van der Waals surface area (Å²) in [5.41, 5.74) is 2.76. The molecule has 28 heavy (non-hydrogen) atoms. The van der Waals surface area contributed by atoms with Crippen LogP contribution in [0.3, 0.4) is 0 Å². The highest BCUT2D eigenvalue weighted by Gasteiger charge is 2.20. The van der Waals surface area contributed by atoms with Crippen molar-refractivity contribution in [3.63, 3.8) is 0 Å². The summed E-state index contributed by atoms with van der Waals surface area (Å²) in [7, 11) is 0. The lowest BCUT2D eigenvalue weighted by atomic mass is 10.0. The van der Waals surface area contributed by atoms with Crippen molar-refractivity contribution >= 4 is 22.6 Å². The highest BCUT2D eigenvalue weighted by Crippen LogP contribution is 2.21. The number of amides is 2. The zero-order chi connectivity index (χ0) is 19.5. The van der Waals surface area contributed by atoms with Crippen molar-refractivity contribution in [1.29, 1.82) is 0 Å². The summed E-state index contributed by atoms with van der Waals surface area (Å²) in [5.74, 6) is 0.121. The summed E-state index contributed by atoms with van der Waals surface area (Å²) in [6.45, 7) is 3.44. The molecule has 2 amide bonds. The number of likely N-dealkylation sites (tertiary alicyclic amines) is 1. The molecule has 4 nitrogen and oxygen atoms in total. The molecule has 1 aliphatic rings. The Kier molecular flexibility index (Phi) is 5.11. The maximum Gasteiger partial charge on any atom is 0.251 e. The molecule has 1 fully saturated rings. The number of hydrogen-bond acceptors (Lipinski definition) is 2. The van der Waals surface area contributed by atoms with Crippen LogP contribution in [0.2, 0.25) is 0 Å². The number of nitrogens with zero attached hydrogens (tertiary/aromatic N) is 1. The van der Waals surface area contributed by atoms with E-state index in [0.29, 0.717) is 18.5 Å². The van der Waals surface area contributed by atoms with Gasteiger partial charge in [-0.25, -0.2) is 0 Å². The van der Waals surface area contributed by atoms with Gasteiger partial charge in [-0.3, -0.25) is 9.59 Å². The molecule has 1 heterocycles. The van der Waals surface area contributed by atoms with Crippen LogP contribution in [0.4, 0.5) is 0 Å². The quantitative estimate of drug-likeness (QED) is 0.719. The maximum atomic E-state index is 12.6. The monoisotopic (exact) mass is 372 g/mol. The molecule has 4 rings (SSSR count). The molecule has 3 aromatic rings. The predicted molar refractivity (Wildman–Crippen MR) is 111 cm³/mol. The van der Waals surface area contributed by atoms with Gasteiger partial charge in [-0.1, -0.05) is 48.5 Å². The van der Waals surface area contributed by atoms with E-state index in [9.17, 15) is 9.59 Å². The number of rotatable bonds is 5. The van der Waals surface area contributed by atoms with Crippen LogP contribution < -0.4 is 5.32 Å². The van der Waals surface area contributed by atoms with E-state index in [1.165, 1.54) is 10.8 Å². The molecule has 1 N–H and O–H groups in total. The molecule has 142 valence electrons. The summed E-state index contributed by atoms with van der Waals surface area (Å²) in [4.78, 5) is 26.2. The number of carbonyl (C=O) groups is 2. The number of nitrogens with one attached hydrogen (secondary N) is 1. The van der Waals surface area contributed by atoms with Crippen molar-refractivity contribution in [2.75, 3.05) is 6.54 Å². The first-order valence-electron chi connectivity index (χ1n) is 9.76. The van der Waals surface area contributed by atoms with Crippen LogP contribution in [0.15, 0.2) is 66.7 Å². The molecule has 1 atom stereocenters. The topological polar surface area (TPSA) is 49.4 Å². The molecule has 1 unspecified atom stereocenters. The molecular formula is C24H24N2O2. The van der Waals surface area contributed by atoms with Gasteiger partial charge in [0.15, 0.2) is 0 Å². The molecule has 0 saturated carbocycles. The van der Waals surface area contributed by atoms with E-state index in [2.05, 4.69) is 35.6 Å². The third-order valence-electron chi connectivity index (χ3n) is 5.38. The lowest BCUT2D eigenvalue weighted by molar-refractivity contribution is -0.128. The van der Waals surface area contributed by atoms with Gasteiger partial charge in [0, 0.05) is 25.1 Å². The van der Waals surface area contributed by atoms with Gasteiger partial charge in [-0.05, 0) is 53.4 Å². The number of hydrogen-bond donors (Lipinski definition) is 1. The second-order valence-corrected chi connectivity index (χ2v) is 7.42. The van der Waals surface area contributed by atoms with Gasteiger partial charge in [-0.2, -0.15) is 0 Å². The van der Waals surface area contributed by atoms with Crippen molar-refractivity contribution < 1.29 is 9.59 Å². The van der Waals surface area contributed by atoms with E-state index in [1.54, 1.807) is 0 Å². The third kappa shape index (κ3) is 3.91. The molecule has 0 aliphatic carbocycles. The van der Waals surface area contributed by atoms with E-state index in [4.69, 9.17) is 0 Å². The average Bonchev–Trinajstić information content (AvgIpc) is 3.12. The van der Waals surface area contributed by atoms with Crippen LogP contribution in [0.1, 0.15) is 47.3 Å². The Hall–Kier alpha value is -3.14. The molecule has 0 spiro atoms. The Morgan fingerprint density at radius 3 is 2.50 bits per heavy atom. The van der Waals surface area contributed by atoms with Crippen LogP contribution in [0, 0.1) is 0 Å². The number of fused-ring (bicyclic) bond motifs is 1. The van der Waals surface area contributed by atoms with Crippen LogP contribution in [0.5, 0.6) is 0 Å².